The lowest BCUT2D eigenvalue weighted by atomic mass is 9.96. The van der Waals surface area contributed by atoms with Gasteiger partial charge in [0.25, 0.3) is 11.8 Å². The molecule has 0 bridgehead atoms. The van der Waals surface area contributed by atoms with Gasteiger partial charge in [-0.05, 0) is 18.9 Å². The Morgan fingerprint density at radius 3 is 2.62 bits per heavy atom. The average Bonchev–Trinajstić information content (AvgIpc) is 3.15. The van der Waals surface area contributed by atoms with Crippen molar-refractivity contribution in [2.24, 2.45) is 0 Å². The molecule has 0 spiro atoms. The number of aromatic nitrogens is 2. The molecule has 1 aromatic heterocycles. The molecule has 0 saturated heterocycles. The van der Waals surface area contributed by atoms with E-state index in [1.165, 1.54) is 15.6 Å². The van der Waals surface area contributed by atoms with Crippen LogP contribution in [-0.2, 0) is 17.9 Å². The molecule has 0 aliphatic carbocycles. The fraction of sp³-hybridized carbons (Fsp3) is 0.429. The highest BCUT2D eigenvalue weighted by atomic mass is 16.2. The Bertz CT molecular complexity index is 908. The lowest BCUT2D eigenvalue weighted by Gasteiger charge is -2.40. The number of benzene rings is 1. The molecule has 154 valence electrons. The number of amides is 3. The molecular formula is C21H27N5O3. The first-order valence-corrected chi connectivity index (χ1v) is 9.83. The molecule has 3 amide bonds. The summed E-state index contributed by atoms with van der Waals surface area (Å²) in [6, 6.07) is 11.1. The van der Waals surface area contributed by atoms with Gasteiger partial charge >= 0.3 is 0 Å². The third-order valence-corrected chi connectivity index (χ3v) is 5.34. The third kappa shape index (κ3) is 4.16. The van der Waals surface area contributed by atoms with Crippen LogP contribution in [0.4, 0.5) is 0 Å². The highest BCUT2D eigenvalue weighted by molar-refractivity contribution is 6.01. The van der Waals surface area contributed by atoms with E-state index in [1.807, 2.05) is 37.3 Å². The van der Waals surface area contributed by atoms with Crippen LogP contribution in [0.15, 0.2) is 36.4 Å². The summed E-state index contributed by atoms with van der Waals surface area (Å²) in [6.07, 6.45) is 1.85. The van der Waals surface area contributed by atoms with Crippen molar-refractivity contribution in [1.29, 1.82) is 0 Å². The highest BCUT2D eigenvalue weighted by Gasteiger charge is 2.46. The van der Waals surface area contributed by atoms with Gasteiger partial charge in [0.2, 0.25) is 5.91 Å². The van der Waals surface area contributed by atoms with Crippen molar-refractivity contribution in [2.75, 3.05) is 13.6 Å². The molecule has 29 heavy (non-hydrogen) atoms. The first kappa shape index (κ1) is 20.6. The van der Waals surface area contributed by atoms with Gasteiger partial charge in [0.1, 0.15) is 11.2 Å². The molecule has 2 aromatic rings. The lowest BCUT2D eigenvalue weighted by molar-refractivity contribution is -0.132. The maximum absolute atomic E-state index is 12.9. The Morgan fingerprint density at radius 2 is 1.93 bits per heavy atom. The summed E-state index contributed by atoms with van der Waals surface area (Å²) in [4.78, 5) is 39.5. The zero-order chi connectivity index (χ0) is 21.0. The van der Waals surface area contributed by atoms with Gasteiger partial charge in [0, 0.05) is 26.2 Å². The minimum absolute atomic E-state index is 0.174. The van der Waals surface area contributed by atoms with Crippen LogP contribution >= 0.6 is 0 Å². The van der Waals surface area contributed by atoms with Gasteiger partial charge in [0.05, 0.1) is 6.54 Å². The summed E-state index contributed by atoms with van der Waals surface area (Å²) in [5, 5.41) is 9.99. The number of nitrogens with one attached hydrogen (secondary N) is 2. The number of nitrogens with zero attached hydrogens (tertiary/aromatic N) is 3. The van der Waals surface area contributed by atoms with Gasteiger partial charge in [0.15, 0.2) is 5.69 Å². The summed E-state index contributed by atoms with van der Waals surface area (Å²) in [5.41, 5.74) is 0.356. The second-order valence-corrected chi connectivity index (χ2v) is 7.49. The SMILES string of the molecule is CCCCNC(=O)c1cc2n(n1)CC(C)(C(=O)NCc1ccccc1)N(C)C2=O. The van der Waals surface area contributed by atoms with Crippen molar-refractivity contribution in [3.63, 3.8) is 0 Å². The van der Waals surface area contributed by atoms with E-state index in [9.17, 15) is 14.4 Å². The largest absolute Gasteiger partial charge is 0.351 e. The standard InChI is InChI=1S/C21H27N5O3/c1-4-5-11-22-18(27)16-12-17-19(28)25(3)21(2,14-26(17)24-16)20(29)23-13-15-9-7-6-8-10-15/h6-10,12H,4-5,11,13-14H2,1-3H3,(H,22,27)(H,23,29). The molecule has 1 aliphatic rings. The Morgan fingerprint density at radius 1 is 1.21 bits per heavy atom. The Hall–Kier alpha value is -3.16. The molecule has 3 rings (SSSR count). The number of carbonyl (C=O) groups excluding carboxylic acids is 3. The van der Waals surface area contributed by atoms with Crippen LogP contribution in [-0.4, -0.2) is 51.5 Å². The van der Waals surface area contributed by atoms with E-state index in [-0.39, 0.29) is 30.0 Å². The molecule has 1 aromatic carbocycles. The lowest BCUT2D eigenvalue weighted by Crippen LogP contribution is -2.62. The molecule has 8 heteroatoms. The zero-order valence-corrected chi connectivity index (χ0v) is 17.1. The molecule has 1 unspecified atom stereocenters. The minimum atomic E-state index is -1.11. The molecule has 8 nitrogen and oxygen atoms in total. The van der Waals surface area contributed by atoms with Crippen LogP contribution in [0.5, 0.6) is 0 Å². The molecule has 0 fully saturated rings. The third-order valence-electron chi connectivity index (χ3n) is 5.34. The topological polar surface area (TPSA) is 96.3 Å². The minimum Gasteiger partial charge on any atom is -0.351 e. The quantitative estimate of drug-likeness (QED) is 0.693. The fourth-order valence-electron chi connectivity index (χ4n) is 3.28. The van der Waals surface area contributed by atoms with Gasteiger partial charge < -0.3 is 15.5 Å². The summed E-state index contributed by atoms with van der Waals surface area (Å²) < 4.78 is 1.46. The molecule has 2 N–H and O–H groups in total. The predicted molar refractivity (Wildman–Crippen MR) is 108 cm³/mol. The number of hydrogen-bond donors (Lipinski definition) is 2. The van der Waals surface area contributed by atoms with E-state index in [2.05, 4.69) is 15.7 Å². The smallest absolute Gasteiger partial charge is 0.272 e. The van der Waals surface area contributed by atoms with Crippen LogP contribution in [0, 0.1) is 0 Å². The number of hydrogen-bond acceptors (Lipinski definition) is 4. The fourth-order valence-corrected chi connectivity index (χ4v) is 3.28. The van der Waals surface area contributed by atoms with E-state index in [1.54, 1.807) is 14.0 Å². The maximum Gasteiger partial charge on any atom is 0.272 e. The van der Waals surface area contributed by atoms with Crippen LogP contribution in [0.3, 0.4) is 0 Å². The van der Waals surface area contributed by atoms with Gasteiger partial charge in [-0.25, -0.2) is 0 Å². The Kier molecular flexibility index (Phi) is 6.00. The first-order valence-electron chi connectivity index (χ1n) is 9.83. The van der Waals surface area contributed by atoms with Gasteiger partial charge in [-0.15, -0.1) is 0 Å². The predicted octanol–water partition coefficient (Wildman–Crippen LogP) is 1.57. The van der Waals surface area contributed by atoms with E-state index in [4.69, 9.17) is 0 Å². The first-order chi connectivity index (χ1) is 13.9. The molecule has 2 heterocycles. The van der Waals surface area contributed by atoms with Crippen molar-refractivity contribution in [2.45, 2.75) is 45.3 Å². The van der Waals surface area contributed by atoms with Crippen LogP contribution in [0.2, 0.25) is 0 Å². The van der Waals surface area contributed by atoms with Crippen molar-refractivity contribution in [1.82, 2.24) is 25.3 Å². The molecule has 1 aliphatic heterocycles. The second-order valence-electron chi connectivity index (χ2n) is 7.49. The Balaban J connectivity index is 1.75. The summed E-state index contributed by atoms with van der Waals surface area (Å²) in [5.74, 6) is -0.924. The summed E-state index contributed by atoms with van der Waals surface area (Å²) in [6.45, 7) is 4.85. The average molecular weight is 397 g/mol. The monoisotopic (exact) mass is 397 g/mol. The van der Waals surface area contributed by atoms with Gasteiger partial charge in [-0.2, -0.15) is 5.10 Å². The number of unbranched alkanes of at least 4 members (excludes halogenated alkanes) is 1. The van der Waals surface area contributed by atoms with Crippen molar-refractivity contribution in [3.05, 3.63) is 53.3 Å². The molecule has 0 saturated carbocycles. The number of carbonyl (C=O) groups is 3. The van der Waals surface area contributed by atoms with Crippen molar-refractivity contribution in [3.8, 4) is 0 Å². The van der Waals surface area contributed by atoms with Crippen LogP contribution in [0.1, 0.15) is 53.2 Å². The summed E-state index contributed by atoms with van der Waals surface area (Å²) in [7, 11) is 1.60. The zero-order valence-electron chi connectivity index (χ0n) is 17.1. The van der Waals surface area contributed by atoms with Crippen LogP contribution < -0.4 is 10.6 Å². The van der Waals surface area contributed by atoms with Crippen LogP contribution in [0.25, 0.3) is 0 Å². The summed E-state index contributed by atoms with van der Waals surface area (Å²) >= 11 is 0. The number of fused-ring (bicyclic) bond motifs is 1. The highest BCUT2D eigenvalue weighted by Crippen LogP contribution is 2.26. The second kappa shape index (κ2) is 8.46. The van der Waals surface area contributed by atoms with E-state index >= 15 is 0 Å². The Labute approximate surface area is 170 Å². The number of rotatable bonds is 7. The number of likely N-dealkylation sites (N-methyl/N-ethyl adjacent to an activating group) is 1. The van der Waals surface area contributed by atoms with Gasteiger partial charge in [-0.1, -0.05) is 43.7 Å². The van der Waals surface area contributed by atoms with Crippen molar-refractivity contribution >= 4 is 17.7 Å². The maximum atomic E-state index is 12.9. The van der Waals surface area contributed by atoms with E-state index < -0.39 is 5.54 Å². The molecule has 1 atom stereocenters. The molecule has 0 radical (unpaired) electrons. The normalized spacial score (nSPS) is 18.3. The van der Waals surface area contributed by atoms with Gasteiger partial charge in [-0.3, -0.25) is 19.1 Å². The van der Waals surface area contributed by atoms with E-state index in [0.717, 1.165) is 18.4 Å². The van der Waals surface area contributed by atoms with Crippen molar-refractivity contribution < 1.29 is 14.4 Å². The van der Waals surface area contributed by atoms with E-state index in [0.29, 0.717) is 18.8 Å². The molecular weight excluding hydrogens is 370 g/mol.